The minimum absolute atomic E-state index is 0.0423. The van der Waals surface area contributed by atoms with Crippen molar-refractivity contribution in [3.8, 4) is 5.75 Å². The second-order valence-electron chi connectivity index (χ2n) is 5.13. The van der Waals surface area contributed by atoms with Crippen LogP contribution in [0.15, 0.2) is 41.3 Å². The van der Waals surface area contributed by atoms with Crippen LogP contribution in [0.25, 0.3) is 0 Å². The summed E-state index contributed by atoms with van der Waals surface area (Å²) in [6.07, 6.45) is 0.0423. The van der Waals surface area contributed by atoms with E-state index in [1.807, 2.05) is 20.8 Å². The van der Waals surface area contributed by atoms with E-state index in [2.05, 4.69) is 14.9 Å². The first-order valence-corrected chi connectivity index (χ1v) is 8.41. The third kappa shape index (κ3) is 4.51. The summed E-state index contributed by atoms with van der Waals surface area (Å²) in [5, 5.41) is 7.82. The zero-order chi connectivity index (χ0) is 16.2. The predicted octanol–water partition coefficient (Wildman–Crippen LogP) is 2.05. The molecule has 0 atom stereocenters. The Labute approximate surface area is 130 Å². The van der Waals surface area contributed by atoms with Crippen molar-refractivity contribution in [2.75, 3.05) is 0 Å². The van der Waals surface area contributed by atoms with Gasteiger partial charge >= 0.3 is 0 Å². The van der Waals surface area contributed by atoms with E-state index < -0.39 is 10.0 Å². The van der Waals surface area contributed by atoms with Gasteiger partial charge in [-0.2, -0.15) is 10.2 Å². The fraction of sp³-hybridized carbons (Fsp3) is 0.333. The van der Waals surface area contributed by atoms with Crippen LogP contribution in [0.4, 0.5) is 0 Å². The molecule has 0 aliphatic heterocycles. The lowest BCUT2D eigenvalue weighted by Crippen LogP contribution is -2.23. The first kappa shape index (κ1) is 16.4. The highest BCUT2D eigenvalue weighted by atomic mass is 32.2. The van der Waals surface area contributed by atoms with Gasteiger partial charge in [0, 0.05) is 0 Å². The summed E-state index contributed by atoms with van der Waals surface area (Å²) in [5.74, 6) is 0.637. The Hall–Kier alpha value is -1.99. The molecule has 0 saturated heterocycles. The standard InChI is InChI=1S/C15H19N3O3S/c1-11(2)21-14-6-8-15(9-7-14)22(19,20)16-10-13-5-4-12(3)17-18-13/h4-9,11,16H,10H2,1-3H3. The second kappa shape index (κ2) is 6.85. The molecule has 0 aliphatic carbocycles. The average Bonchev–Trinajstić information content (AvgIpc) is 2.47. The van der Waals surface area contributed by atoms with E-state index >= 15 is 0 Å². The zero-order valence-electron chi connectivity index (χ0n) is 12.8. The maximum Gasteiger partial charge on any atom is 0.240 e. The molecule has 1 N–H and O–H groups in total. The number of nitrogens with one attached hydrogen (secondary N) is 1. The quantitative estimate of drug-likeness (QED) is 0.880. The number of rotatable bonds is 6. The summed E-state index contributed by atoms with van der Waals surface area (Å²) in [7, 11) is -3.59. The highest BCUT2D eigenvalue weighted by Crippen LogP contribution is 2.17. The molecule has 0 unspecified atom stereocenters. The monoisotopic (exact) mass is 321 g/mol. The van der Waals surface area contributed by atoms with Crippen LogP contribution in [0, 0.1) is 6.92 Å². The first-order chi connectivity index (χ1) is 10.4. The van der Waals surface area contributed by atoms with Crippen LogP contribution in [0.3, 0.4) is 0 Å². The molecule has 0 amide bonds. The molecule has 0 radical (unpaired) electrons. The van der Waals surface area contributed by atoms with Crippen LogP contribution in [0.2, 0.25) is 0 Å². The van der Waals surface area contributed by atoms with Gasteiger partial charge in [-0.05, 0) is 57.2 Å². The van der Waals surface area contributed by atoms with Gasteiger partial charge in [0.2, 0.25) is 10.0 Å². The van der Waals surface area contributed by atoms with Gasteiger partial charge in [0.15, 0.2) is 0 Å². The molecule has 7 heteroatoms. The molecule has 1 heterocycles. The van der Waals surface area contributed by atoms with Crippen LogP contribution in [0.5, 0.6) is 5.75 Å². The van der Waals surface area contributed by atoms with Gasteiger partial charge in [-0.1, -0.05) is 0 Å². The first-order valence-electron chi connectivity index (χ1n) is 6.92. The molecule has 22 heavy (non-hydrogen) atoms. The minimum Gasteiger partial charge on any atom is -0.491 e. The molecular formula is C15H19N3O3S. The molecule has 0 saturated carbocycles. The molecule has 118 valence electrons. The summed E-state index contributed by atoms with van der Waals surface area (Å²) in [5.41, 5.74) is 1.35. The van der Waals surface area contributed by atoms with Crippen molar-refractivity contribution in [1.82, 2.24) is 14.9 Å². The van der Waals surface area contributed by atoms with E-state index in [4.69, 9.17) is 4.74 Å². The van der Waals surface area contributed by atoms with E-state index in [1.165, 1.54) is 12.1 Å². The van der Waals surface area contributed by atoms with Crippen LogP contribution < -0.4 is 9.46 Å². The van der Waals surface area contributed by atoms with Gasteiger partial charge in [-0.15, -0.1) is 0 Å². The Balaban J connectivity index is 2.04. The summed E-state index contributed by atoms with van der Waals surface area (Å²) in [6, 6.07) is 9.83. The van der Waals surface area contributed by atoms with Crippen molar-refractivity contribution < 1.29 is 13.2 Å². The molecule has 0 aliphatic rings. The molecule has 6 nitrogen and oxygen atoms in total. The van der Waals surface area contributed by atoms with E-state index in [9.17, 15) is 8.42 Å². The number of ether oxygens (including phenoxy) is 1. The lowest BCUT2D eigenvalue weighted by atomic mass is 10.3. The Bertz CT molecular complexity index is 711. The number of nitrogens with zero attached hydrogens (tertiary/aromatic N) is 2. The van der Waals surface area contributed by atoms with Gasteiger partial charge in [-0.25, -0.2) is 13.1 Å². The Kier molecular flexibility index (Phi) is 5.10. The molecule has 2 aromatic rings. The smallest absolute Gasteiger partial charge is 0.240 e. The number of aromatic nitrogens is 2. The molecular weight excluding hydrogens is 302 g/mol. The third-order valence-corrected chi connectivity index (χ3v) is 4.22. The fourth-order valence-corrected chi connectivity index (χ4v) is 2.74. The van der Waals surface area contributed by atoms with Crippen LogP contribution in [-0.4, -0.2) is 24.7 Å². The van der Waals surface area contributed by atoms with Crippen LogP contribution in [0.1, 0.15) is 25.2 Å². The number of benzene rings is 1. The maximum atomic E-state index is 12.2. The Morgan fingerprint density at radius 2 is 1.77 bits per heavy atom. The van der Waals surface area contributed by atoms with Crippen LogP contribution in [-0.2, 0) is 16.6 Å². The fourth-order valence-electron chi connectivity index (χ4n) is 1.74. The van der Waals surface area contributed by atoms with Gasteiger partial charge in [0.25, 0.3) is 0 Å². The zero-order valence-corrected chi connectivity index (χ0v) is 13.6. The molecule has 2 rings (SSSR count). The van der Waals surface area contributed by atoms with Crippen molar-refractivity contribution in [2.45, 2.75) is 38.3 Å². The third-order valence-electron chi connectivity index (χ3n) is 2.80. The van der Waals surface area contributed by atoms with Crippen molar-refractivity contribution >= 4 is 10.0 Å². The SMILES string of the molecule is Cc1ccc(CNS(=O)(=O)c2ccc(OC(C)C)cc2)nn1. The van der Waals surface area contributed by atoms with E-state index in [0.29, 0.717) is 11.4 Å². The highest BCUT2D eigenvalue weighted by Gasteiger charge is 2.14. The number of hydrogen-bond acceptors (Lipinski definition) is 5. The normalized spacial score (nSPS) is 11.6. The molecule has 0 bridgehead atoms. The summed E-state index contributed by atoms with van der Waals surface area (Å²) in [6.45, 7) is 5.74. The average molecular weight is 321 g/mol. The van der Waals surface area contributed by atoms with Gasteiger partial charge < -0.3 is 4.74 Å². The largest absolute Gasteiger partial charge is 0.491 e. The highest BCUT2D eigenvalue weighted by molar-refractivity contribution is 7.89. The lowest BCUT2D eigenvalue weighted by Gasteiger charge is -2.10. The van der Waals surface area contributed by atoms with Crippen LogP contribution >= 0.6 is 0 Å². The topological polar surface area (TPSA) is 81.2 Å². The summed E-state index contributed by atoms with van der Waals surface area (Å²) >= 11 is 0. The second-order valence-corrected chi connectivity index (χ2v) is 6.90. The minimum atomic E-state index is -3.59. The number of hydrogen-bond donors (Lipinski definition) is 1. The lowest BCUT2D eigenvalue weighted by molar-refractivity contribution is 0.242. The van der Waals surface area contributed by atoms with E-state index in [1.54, 1.807) is 24.3 Å². The molecule has 0 fully saturated rings. The van der Waals surface area contributed by atoms with Crippen molar-refractivity contribution in [3.05, 3.63) is 47.8 Å². The van der Waals surface area contributed by atoms with Gasteiger partial charge in [-0.3, -0.25) is 0 Å². The predicted molar refractivity (Wildman–Crippen MR) is 83.0 cm³/mol. The van der Waals surface area contributed by atoms with E-state index in [-0.39, 0.29) is 17.5 Å². The summed E-state index contributed by atoms with van der Waals surface area (Å²) in [4.78, 5) is 0.184. The Morgan fingerprint density at radius 1 is 1.09 bits per heavy atom. The number of sulfonamides is 1. The maximum absolute atomic E-state index is 12.2. The van der Waals surface area contributed by atoms with Crippen molar-refractivity contribution in [3.63, 3.8) is 0 Å². The van der Waals surface area contributed by atoms with Crippen molar-refractivity contribution in [2.24, 2.45) is 0 Å². The molecule has 1 aromatic heterocycles. The molecule has 1 aromatic carbocycles. The summed E-state index contributed by atoms with van der Waals surface area (Å²) < 4.78 is 32.4. The Morgan fingerprint density at radius 3 is 2.32 bits per heavy atom. The van der Waals surface area contributed by atoms with Gasteiger partial charge in [0.1, 0.15) is 5.75 Å². The number of aryl methyl sites for hydroxylation is 1. The molecule has 0 spiro atoms. The van der Waals surface area contributed by atoms with Crippen molar-refractivity contribution in [1.29, 1.82) is 0 Å². The van der Waals surface area contributed by atoms with Gasteiger partial charge in [0.05, 0.1) is 28.9 Å². The van der Waals surface area contributed by atoms with E-state index in [0.717, 1.165) is 5.69 Å².